The zero-order valence-corrected chi connectivity index (χ0v) is 16.5. The highest BCUT2D eigenvalue weighted by Crippen LogP contribution is 2.31. The summed E-state index contributed by atoms with van der Waals surface area (Å²) in [5, 5.41) is 23.2. The Labute approximate surface area is 161 Å². The third-order valence-corrected chi connectivity index (χ3v) is 6.10. The molecule has 0 aliphatic heterocycles. The molecule has 0 saturated heterocycles. The summed E-state index contributed by atoms with van der Waals surface area (Å²) in [4.78, 5) is 2.74. The van der Waals surface area contributed by atoms with Crippen molar-refractivity contribution in [2.24, 2.45) is 0 Å². The van der Waals surface area contributed by atoms with Gasteiger partial charge in [-0.3, -0.25) is 9.40 Å². The lowest BCUT2D eigenvalue weighted by Gasteiger charge is -2.21. The first-order valence-corrected chi connectivity index (χ1v) is 9.87. The van der Waals surface area contributed by atoms with Crippen LogP contribution in [-0.2, 0) is 15.6 Å². The van der Waals surface area contributed by atoms with E-state index in [9.17, 15) is 18.8 Å². The Morgan fingerprint density at radius 2 is 2.15 bits per heavy atom. The van der Waals surface area contributed by atoms with E-state index < -0.39 is 15.6 Å². The Bertz CT molecular complexity index is 1170. The third-order valence-electron chi connectivity index (χ3n) is 4.34. The predicted molar refractivity (Wildman–Crippen MR) is 102 cm³/mol. The van der Waals surface area contributed by atoms with Gasteiger partial charge in [-0.2, -0.15) is 10.4 Å². The molecule has 0 bridgehead atoms. The Balaban J connectivity index is 2.07. The molecular weight excluding hydrogens is 390 g/mol. The number of hydrogen-bond acceptors (Lipinski definition) is 5. The molecule has 0 aliphatic rings. The number of fused-ring (bicyclic) bond motifs is 1. The molecule has 2 heterocycles. The van der Waals surface area contributed by atoms with Crippen LogP contribution in [0.15, 0.2) is 29.4 Å². The number of hydrogen-bond donors (Lipinski definition) is 3. The fourth-order valence-corrected chi connectivity index (χ4v) is 4.20. The topological polar surface area (TPSA) is 124 Å². The van der Waals surface area contributed by atoms with Crippen molar-refractivity contribution in [3.63, 3.8) is 0 Å². The lowest BCUT2D eigenvalue weighted by molar-refractivity contribution is 0.152. The van der Waals surface area contributed by atoms with Gasteiger partial charge in [0.05, 0.1) is 28.9 Å². The minimum absolute atomic E-state index is 0.198. The van der Waals surface area contributed by atoms with Crippen molar-refractivity contribution in [1.29, 1.82) is 5.26 Å². The highest BCUT2D eigenvalue weighted by molar-refractivity contribution is 7.92. The van der Waals surface area contributed by atoms with Crippen molar-refractivity contribution in [3.8, 4) is 6.07 Å². The van der Waals surface area contributed by atoms with Crippen LogP contribution in [0.4, 0.5) is 5.69 Å². The maximum absolute atomic E-state index is 12.9. The molecule has 10 heteroatoms. The van der Waals surface area contributed by atoms with Gasteiger partial charge in [0.25, 0.3) is 10.0 Å². The molecule has 0 fully saturated rings. The van der Waals surface area contributed by atoms with Crippen LogP contribution < -0.4 is 4.72 Å². The Morgan fingerprint density at radius 3 is 2.78 bits per heavy atom. The summed E-state index contributed by atoms with van der Waals surface area (Å²) < 4.78 is 29.5. The molecular formula is C17H18ClN5O3S. The number of halogens is 1. The van der Waals surface area contributed by atoms with Crippen molar-refractivity contribution in [1.82, 2.24) is 14.8 Å². The Morgan fingerprint density at radius 1 is 1.44 bits per heavy atom. The van der Waals surface area contributed by atoms with Crippen LogP contribution in [0.2, 0.25) is 5.15 Å². The quantitative estimate of drug-likeness (QED) is 0.599. The van der Waals surface area contributed by atoms with Gasteiger partial charge in [0, 0.05) is 17.8 Å². The minimum atomic E-state index is -4.04. The lowest BCUT2D eigenvalue weighted by Crippen LogP contribution is -2.30. The molecule has 0 unspecified atom stereocenters. The summed E-state index contributed by atoms with van der Waals surface area (Å²) in [6.07, 6.45) is 2.81. The molecule has 27 heavy (non-hydrogen) atoms. The average Bonchev–Trinajstić information content (AvgIpc) is 3.22. The number of aromatic amines is 1. The first kappa shape index (κ1) is 19.2. The number of nitrogens with one attached hydrogen (secondary N) is 2. The fourth-order valence-electron chi connectivity index (χ4n) is 2.69. The zero-order chi connectivity index (χ0) is 20.0. The molecule has 0 aliphatic carbocycles. The second-order valence-electron chi connectivity index (χ2n) is 6.80. The van der Waals surface area contributed by atoms with E-state index in [-0.39, 0.29) is 16.7 Å². The molecule has 0 spiro atoms. The molecule has 0 saturated carbocycles. The molecule has 8 nitrogen and oxygen atoms in total. The molecule has 0 amide bonds. The van der Waals surface area contributed by atoms with Crippen LogP contribution in [0.5, 0.6) is 0 Å². The number of nitriles is 1. The highest BCUT2D eigenvalue weighted by atomic mass is 35.5. The molecule has 0 atom stereocenters. The van der Waals surface area contributed by atoms with Gasteiger partial charge in [0.15, 0.2) is 5.15 Å². The van der Waals surface area contributed by atoms with Crippen molar-refractivity contribution >= 4 is 38.2 Å². The highest BCUT2D eigenvalue weighted by Gasteiger charge is 2.28. The zero-order valence-electron chi connectivity index (χ0n) is 14.9. The number of anilines is 1. The van der Waals surface area contributed by atoms with E-state index in [4.69, 9.17) is 11.6 Å². The van der Waals surface area contributed by atoms with Gasteiger partial charge in [-0.05, 0) is 32.4 Å². The van der Waals surface area contributed by atoms with Crippen LogP contribution in [0.25, 0.3) is 10.9 Å². The number of benzene rings is 1. The maximum atomic E-state index is 12.9. The van der Waals surface area contributed by atoms with Crippen LogP contribution in [0.3, 0.4) is 0 Å². The smallest absolute Gasteiger partial charge is 0.266 e. The molecule has 3 N–H and O–H groups in total. The van der Waals surface area contributed by atoms with E-state index in [1.54, 1.807) is 26.0 Å². The summed E-state index contributed by atoms with van der Waals surface area (Å²) >= 11 is 6.05. The van der Waals surface area contributed by atoms with Crippen LogP contribution >= 0.6 is 11.6 Å². The fraction of sp³-hybridized carbons (Fsp3) is 0.294. The number of aliphatic hydroxyl groups is 1. The van der Waals surface area contributed by atoms with Crippen LogP contribution in [0.1, 0.15) is 25.0 Å². The van der Waals surface area contributed by atoms with Gasteiger partial charge >= 0.3 is 0 Å². The summed E-state index contributed by atoms with van der Waals surface area (Å²) in [6.45, 7) is 5.00. The molecule has 3 rings (SSSR count). The molecule has 2 aromatic heterocycles. The minimum Gasteiger partial charge on any atom is -0.394 e. The van der Waals surface area contributed by atoms with E-state index in [2.05, 4.69) is 20.9 Å². The molecule has 1 aromatic carbocycles. The molecule has 142 valence electrons. The first-order valence-electron chi connectivity index (χ1n) is 8.01. The van der Waals surface area contributed by atoms with Crippen molar-refractivity contribution in [2.75, 3.05) is 11.3 Å². The van der Waals surface area contributed by atoms with Crippen LogP contribution in [0, 0.1) is 18.3 Å². The van der Waals surface area contributed by atoms with Gasteiger partial charge in [-0.25, -0.2) is 8.42 Å². The SMILES string of the molecule is Cc1ccc(NS(=O)(=O)c2cn(C(C)(C)CO)nc2Cl)c2[nH]cc(C#N)c12. The van der Waals surface area contributed by atoms with Gasteiger partial charge in [0.1, 0.15) is 11.0 Å². The third kappa shape index (κ3) is 3.27. The second-order valence-corrected chi connectivity index (χ2v) is 8.81. The Kier molecular flexibility index (Phi) is 4.67. The van der Waals surface area contributed by atoms with E-state index in [1.165, 1.54) is 17.1 Å². The number of sulfonamides is 1. The van der Waals surface area contributed by atoms with Crippen LogP contribution in [-0.4, -0.2) is 34.9 Å². The van der Waals surface area contributed by atoms with E-state index >= 15 is 0 Å². The second kappa shape index (κ2) is 6.56. The number of rotatable bonds is 5. The summed E-state index contributed by atoms with van der Waals surface area (Å²) in [5.74, 6) is 0. The average molecular weight is 408 g/mol. The maximum Gasteiger partial charge on any atom is 0.266 e. The van der Waals surface area contributed by atoms with Gasteiger partial charge < -0.3 is 10.1 Å². The number of nitrogens with zero attached hydrogens (tertiary/aromatic N) is 3. The summed E-state index contributed by atoms with van der Waals surface area (Å²) in [5.41, 5.74) is 1.27. The van der Waals surface area contributed by atoms with Gasteiger partial charge in [0.2, 0.25) is 0 Å². The van der Waals surface area contributed by atoms with E-state index in [0.717, 1.165) is 5.56 Å². The van der Waals surface area contributed by atoms with E-state index in [0.29, 0.717) is 22.2 Å². The number of H-pyrrole nitrogens is 1. The lowest BCUT2D eigenvalue weighted by atomic mass is 10.1. The molecule has 3 aromatic rings. The van der Waals surface area contributed by atoms with Crippen molar-refractivity contribution in [3.05, 3.63) is 40.8 Å². The summed E-state index contributed by atoms with van der Waals surface area (Å²) in [6, 6.07) is 5.43. The van der Waals surface area contributed by atoms with Gasteiger partial charge in [-0.1, -0.05) is 17.7 Å². The number of aromatic nitrogens is 3. The molecule has 0 radical (unpaired) electrons. The predicted octanol–water partition coefficient (Wildman–Crippen LogP) is 2.73. The largest absolute Gasteiger partial charge is 0.394 e. The Hall–Kier alpha value is -2.54. The standard InChI is InChI=1S/C17H18ClN5O3S/c1-10-4-5-12(15-14(10)11(6-19)7-20-15)22-27(25,26)13-8-23(21-16(13)18)17(2,3)9-24/h4-5,7-8,20,22,24H,9H2,1-3H3. The monoisotopic (exact) mass is 407 g/mol. The summed E-state index contributed by atoms with van der Waals surface area (Å²) in [7, 11) is -4.04. The van der Waals surface area contributed by atoms with Gasteiger partial charge in [-0.15, -0.1) is 0 Å². The van der Waals surface area contributed by atoms with Crippen molar-refractivity contribution < 1.29 is 13.5 Å². The normalized spacial score (nSPS) is 12.3. The first-order chi connectivity index (χ1) is 12.6. The van der Waals surface area contributed by atoms with Crippen molar-refractivity contribution in [2.45, 2.75) is 31.2 Å². The number of aryl methyl sites for hydroxylation is 1. The number of aliphatic hydroxyl groups excluding tert-OH is 1. The van der Waals surface area contributed by atoms with E-state index in [1.807, 2.05) is 6.92 Å².